The second-order valence-corrected chi connectivity index (χ2v) is 5.15. The van der Waals surface area contributed by atoms with Crippen molar-refractivity contribution < 1.29 is 9.73 Å². The van der Waals surface area contributed by atoms with Gasteiger partial charge in [-0.3, -0.25) is 10.3 Å². The van der Waals surface area contributed by atoms with E-state index in [0.717, 1.165) is 43.9 Å². The fraction of sp³-hybridized carbons (Fsp3) is 0.278. The van der Waals surface area contributed by atoms with E-state index < -0.39 is 0 Å². The fourth-order valence-electron chi connectivity index (χ4n) is 2.55. The first-order valence-corrected chi connectivity index (χ1v) is 7.54. The minimum absolute atomic E-state index is 0.733. The molecule has 0 saturated carbocycles. The first kappa shape index (κ1) is 13.7. The minimum Gasteiger partial charge on any atom is -0.493 e. The van der Waals surface area contributed by atoms with E-state index in [-0.39, 0.29) is 0 Å². The molecule has 1 heterocycles. The Bertz CT molecular complexity index is 608. The van der Waals surface area contributed by atoms with Gasteiger partial charge in [-0.25, -0.2) is 0 Å². The van der Waals surface area contributed by atoms with E-state index in [4.69, 9.17) is 4.74 Å². The minimum atomic E-state index is 0.733. The summed E-state index contributed by atoms with van der Waals surface area (Å²) in [5.74, 6) is 2.20. The van der Waals surface area contributed by atoms with Gasteiger partial charge in [-0.15, -0.1) is 0 Å². The number of ether oxygens (including phenoxy) is 1. The summed E-state index contributed by atoms with van der Waals surface area (Å²) in [6, 6.07) is 18.6. The van der Waals surface area contributed by atoms with E-state index in [1.54, 1.807) is 0 Å². The monoisotopic (exact) mass is 281 g/mol. The highest BCUT2D eigenvalue weighted by Gasteiger charge is 2.11. The molecule has 21 heavy (non-hydrogen) atoms. The molecule has 0 unspecified atom stereocenters. The van der Waals surface area contributed by atoms with Crippen molar-refractivity contribution >= 4 is 5.84 Å². The highest BCUT2D eigenvalue weighted by Crippen LogP contribution is 2.29. The lowest BCUT2D eigenvalue weighted by Crippen LogP contribution is -2.70. The number of rotatable bonds is 6. The molecule has 0 fully saturated rings. The van der Waals surface area contributed by atoms with Gasteiger partial charge in [0.2, 0.25) is 5.84 Å². The van der Waals surface area contributed by atoms with Gasteiger partial charge < -0.3 is 4.74 Å². The zero-order chi connectivity index (χ0) is 14.3. The Morgan fingerprint density at radius 1 is 1.00 bits per heavy atom. The number of benzene rings is 2. The Labute approximate surface area is 125 Å². The molecule has 0 saturated heterocycles. The van der Waals surface area contributed by atoms with Crippen LogP contribution in [0.25, 0.3) is 11.1 Å². The molecule has 2 aromatic carbocycles. The molecule has 1 aliphatic heterocycles. The summed E-state index contributed by atoms with van der Waals surface area (Å²) < 4.78 is 5.98. The highest BCUT2D eigenvalue weighted by atomic mass is 16.5. The van der Waals surface area contributed by atoms with Crippen molar-refractivity contribution in [3.8, 4) is 16.9 Å². The standard InChI is InChI=1S/C18H20N2O/c1-2-7-15(8-3-1)16-9-4-5-10-17(16)21-14-6-11-18-19-12-13-20-18/h1-5,7-10H,6,11-14H2,(H,19,20)/p+1. The lowest BCUT2D eigenvalue weighted by molar-refractivity contribution is -0.445. The third-order valence-corrected chi connectivity index (χ3v) is 3.60. The van der Waals surface area contributed by atoms with Crippen molar-refractivity contribution in [2.24, 2.45) is 0 Å². The third kappa shape index (κ3) is 3.63. The lowest BCUT2D eigenvalue weighted by Gasteiger charge is -2.11. The largest absolute Gasteiger partial charge is 0.493 e. The molecule has 3 rings (SSSR count). The van der Waals surface area contributed by atoms with Crippen molar-refractivity contribution in [3.05, 3.63) is 54.6 Å². The van der Waals surface area contributed by atoms with Gasteiger partial charge in [0.05, 0.1) is 13.0 Å². The van der Waals surface area contributed by atoms with Crippen LogP contribution in [0.2, 0.25) is 0 Å². The topological polar surface area (TPSA) is 35.2 Å². The quantitative estimate of drug-likeness (QED) is 0.789. The summed E-state index contributed by atoms with van der Waals surface area (Å²) in [6.07, 6.45) is 2.03. The maximum atomic E-state index is 5.98. The van der Waals surface area contributed by atoms with Gasteiger partial charge in [0.1, 0.15) is 18.8 Å². The molecular weight excluding hydrogens is 260 g/mol. The van der Waals surface area contributed by atoms with Gasteiger partial charge >= 0.3 is 0 Å². The molecule has 0 spiro atoms. The normalized spacial score (nSPS) is 13.6. The smallest absolute Gasteiger partial charge is 0.242 e. The van der Waals surface area contributed by atoms with E-state index in [9.17, 15) is 0 Å². The molecule has 2 aromatic rings. The van der Waals surface area contributed by atoms with Gasteiger partial charge in [0.25, 0.3) is 0 Å². The summed E-state index contributed by atoms with van der Waals surface area (Å²) in [7, 11) is 0. The average molecular weight is 281 g/mol. The molecule has 0 radical (unpaired) electrons. The molecule has 3 nitrogen and oxygen atoms in total. The predicted molar refractivity (Wildman–Crippen MR) is 85.4 cm³/mol. The summed E-state index contributed by atoms with van der Waals surface area (Å²) in [4.78, 5) is 3.34. The molecule has 2 N–H and O–H groups in total. The van der Waals surface area contributed by atoms with E-state index in [2.05, 4.69) is 46.7 Å². The lowest BCUT2D eigenvalue weighted by atomic mass is 10.1. The maximum Gasteiger partial charge on any atom is 0.242 e. The first-order valence-electron chi connectivity index (χ1n) is 7.54. The van der Waals surface area contributed by atoms with Crippen LogP contribution in [0, 0.1) is 0 Å². The van der Waals surface area contributed by atoms with Crippen LogP contribution in [0.1, 0.15) is 12.8 Å². The molecule has 0 bridgehead atoms. The van der Waals surface area contributed by atoms with E-state index in [1.165, 1.54) is 11.4 Å². The van der Waals surface area contributed by atoms with Crippen molar-refractivity contribution in [1.82, 2.24) is 5.32 Å². The van der Waals surface area contributed by atoms with E-state index in [1.807, 2.05) is 18.2 Å². The Kier molecular flexibility index (Phi) is 4.52. The zero-order valence-electron chi connectivity index (χ0n) is 12.1. The Hall–Kier alpha value is -2.29. The van der Waals surface area contributed by atoms with Gasteiger partial charge in [-0.2, -0.15) is 0 Å². The molecule has 0 amide bonds. The van der Waals surface area contributed by atoms with Crippen LogP contribution in [0.3, 0.4) is 0 Å². The summed E-state index contributed by atoms with van der Waals surface area (Å²) in [5.41, 5.74) is 2.35. The number of nitrogens with one attached hydrogen (secondary N) is 2. The molecule has 0 atom stereocenters. The average Bonchev–Trinajstić information content (AvgIpc) is 3.06. The van der Waals surface area contributed by atoms with Crippen molar-refractivity contribution in [2.75, 3.05) is 19.7 Å². The Morgan fingerprint density at radius 2 is 1.81 bits per heavy atom. The fourth-order valence-corrected chi connectivity index (χ4v) is 2.55. The third-order valence-electron chi connectivity index (χ3n) is 3.60. The number of hydrogen-bond acceptors (Lipinski definition) is 2. The van der Waals surface area contributed by atoms with Gasteiger partial charge in [0, 0.05) is 5.56 Å². The summed E-state index contributed by atoms with van der Waals surface area (Å²) in [5, 5.41) is 3.34. The summed E-state index contributed by atoms with van der Waals surface area (Å²) in [6.45, 7) is 2.80. The van der Waals surface area contributed by atoms with Gasteiger partial charge in [-0.1, -0.05) is 48.5 Å². The SMILES string of the molecule is c1ccc(-c2ccccc2OCCCC2=[NH+]CCN2)cc1. The van der Waals surface area contributed by atoms with Crippen LogP contribution in [0.5, 0.6) is 5.75 Å². The molecule has 0 aromatic heterocycles. The maximum absolute atomic E-state index is 5.98. The first-order chi connectivity index (χ1) is 10.4. The van der Waals surface area contributed by atoms with E-state index >= 15 is 0 Å². The second-order valence-electron chi connectivity index (χ2n) is 5.15. The summed E-state index contributed by atoms with van der Waals surface area (Å²) >= 11 is 0. The Morgan fingerprint density at radius 3 is 2.62 bits per heavy atom. The highest BCUT2D eigenvalue weighted by molar-refractivity contribution is 5.77. The van der Waals surface area contributed by atoms with Crippen LogP contribution in [-0.4, -0.2) is 25.5 Å². The predicted octanol–water partition coefficient (Wildman–Crippen LogP) is 1.59. The number of hydrogen-bond donors (Lipinski definition) is 2. The van der Waals surface area contributed by atoms with Crippen molar-refractivity contribution in [2.45, 2.75) is 12.8 Å². The molecule has 3 heteroatoms. The number of para-hydroxylation sites is 1. The van der Waals surface area contributed by atoms with Crippen LogP contribution in [0.4, 0.5) is 0 Å². The molecule has 0 aliphatic carbocycles. The number of amidine groups is 1. The molecule has 108 valence electrons. The van der Waals surface area contributed by atoms with Crippen molar-refractivity contribution in [1.29, 1.82) is 0 Å². The van der Waals surface area contributed by atoms with Gasteiger partial charge in [-0.05, 0) is 18.1 Å². The van der Waals surface area contributed by atoms with Gasteiger partial charge in [0.15, 0.2) is 0 Å². The van der Waals surface area contributed by atoms with Crippen molar-refractivity contribution in [3.63, 3.8) is 0 Å². The van der Waals surface area contributed by atoms with Crippen LogP contribution >= 0.6 is 0 Å². The van der Waals surface area contributed by atoms with Crippen LogP contribution < -0.4 is 15.0 Å². The second kappa shape index (κ2) is 6.93. The van der Waals surface area contributed by atoms with Crippen LogP contribution in [0.15, 0.2) is 54.6 Å². The molecular formula is C18H21N2O+. The van der Waals surface area contributed by atoms with E-state index in [0.29, 0.717) is 0 Å². The zero-order valence-corrected chi connectivity index (χ0v) is 12.1. The molecule has 1 aliphatic rings. The Balaban J connectivity index is 1.60. The van der Waals surface area contributed by atoms with Crippen LogP contribution in [-0.2, 0) is 0 Å².